The van der Waals surface area contributed by atoms with Crippen molar-refractivity contribution in [2.75, 3.05) is 11.9 Å². The largest absolute Gasteiger partial charge is 0.457 e. The number of carbonyl (C=O) groups excluding carboxylic acids is 2. The van der Waals surface area contributed by atoms with E-state index in [0.717, 1.165) is 0 Å². The second-order valence-electron chi connectivity index (χ2n) is 5.98. The summed E-state index contributed by atoms with van der Waals surface area (Å²) in [5.41, 5.74) is 6.32. The standard InChI is InChI=1S/C19H23N3O3.ClH/c1-13(2)18(20)19(24)21-12-17(23)22-14-7-6-10-16(11-14)25-15-8-4-3-5-9-15;/h3-11,13,18H,12,20H2,1-2H3,(H,21,24)(H,22,23);1H/t18-;/m0./s1. The van der Waals surface area contributed by atoms with Gasteiger partial charge in [0, 0.05) is 11.8 Å². The highest BCUT2D eigenvalue weighted by atomic mass is 35.5. The molecule has 0 aromatic heterocycles. The Labute approximate surface area is 159 Å². The van der Waals surface area contributed by atoms with Gasteiger partial charge in [-0.05, 0) is 30.2 Å². The molecule has 0 aliphatic rings. The maximum atomic E-state index is 12.0. The molecule has 0 aliphatic heterocycles. The van der Waals surface area contributed by atoms with E-state index >= 15 is 0 Å². The van der Waals surface area contributed by atoms with Crippen LogP contribution in [0.5, 0.6) is 11.5 Å². The smallest absolute Gasteiger partial charge is 0.243 e. The molecule has 0 heterocycles. The Morgan fingerprint density at radius 3 is 2.35 bits per heavy atom. The van der Waals surface area contributed by atoms with Gasteiger partial charge < -0.3 is 21.1 Å². The average molecular weight is 378 g/mol. The van der Waals surface area contributed by atoms with Gasteiger partial charge in [0.25, 0.3) is 0 Å². The van der Waals surface area contributed by atoms with Crippen LogP contribution in [0.3, 0.4) is 0 Å². The Balaban J connectivity index is 0.00000338. The van der Waals surface area contributed by atoms with E-state index in [1.165, 1.54) is 0 Å². The number of para-hydroxylation sites is 1. The van der Waals surface area contributed by atoms with Crippen LogP contribution < -0.4 is 21.1 Å². The molecule has 140 valence electrons. The Morgan fingerprint density at radius 2 is 1.69 bits per heavy atom. The highest BCUT2D eigenvalue weighted by Gasteiger charge is 2.17. The number of carbonyl (C=O) groups is 2. The van der Waals surface area contributed by atoms with Crippen molar-refractivity contribution < 1.29 is 14.3 Å². The molecule has 2 aromatic carbocycles. The number of benzene rings is 2. The van der Waals surface area contributed by atoms with E-state index in [2.05, 4.69) is 10.6 Å². The summed E-state index contributed by atoms with van der Waals surface area (Å²) in [6.07, 6.45) is 0. The topological polar surface area (TPSA) is 93.5 Å². The number of nitrogens with two attached hydrogens (primary N) is 1. The van der Waals surface area contributed by atoms with Gasteiger partial charge in [-0.15, -0.1) is 12.4 Å². The molecule has 1 atom stereocenters. The van der Waals surface area contributed by atoms with Gasteiger partial charge in [0.2, 0.25) is 11.8 Å². The predicted molar refractivity (Wildman–Crippen MR) is 105 cm³/mol. The van der Waals surface area contributed by atoms with E-state index in [1.807, 2.05) is 44.2 Å². The van der Waals surface area contributed by atoms with Gasteiger partial charge >= 0.3 is 0 Å². The summed E-state index contributed by atoms with van der Waals surface area (Å²) in [7, 11) is 0. The molecule has 0 bridgehead atoms. The van der Waals surface area contributed by atoms with E-state index in [4.69, 9.17) is 10.5 Å². The first kappa shape index (κ1) is 21.5. The minimum absolute atomic E-state index is 0. The van der Waals surface area contributed by atoms with Crippen LogP contribution in [0.4, 0.5) is 5.69 Å². The number of rotatable bonds is 7. The SMILES string of the molecule is CC(C)[C@H](N)C(=O)NCC(=O)Nc1cccc(Oc2ccccc2)c1.Cl. The molecule has 4 N–H and O–H groups in total. The second-order valence-corrected chi connectivity index (χ2v) is 5.98. The molecule has 0 aliphatic carbocycles. The lowest BCUT2D eigenvalue weighted by Gasteiger charge is -2.15. The molecule has 0 unspecified atom stereocenters. The molecule has 0 saturated heterocycles. The van der Waals surface area contributed by atoms with Crippen LogP contribution >= 0.6 is 12.4 Å². The lowest BCUT2D eigenvalue weighted by Crippen LogP contribution is -2.46. The van der Waals surface area contributed by atoms with Crippen molar-refractivity contribution in [1.82, 2.24) is 5.32 Å². The van der Waals surface area contributed by atoms with Gasteiger partial charge in [-0.25, -0.2) is 0 Å². The lowest BCUT2D eigenvalue weighted by molar-refractivity contribution is -0.125. The summed E-state index contributed by atoms with van der Waals surface area (Å²) in [5.74, 6) is 0.651. The number of ether oxygens (including phenoxy) is 1. The number of amides is 2. The Kier molecular flexibility index (Phi) is 8.61. The zero-order valence-electron chi connectivity index (χ0n) is 14.8. The highest BCUT2D eigenvalue weighted by molar-refractivity contribution is 5.95. The fraction of sp³-hybridized carbons (Fsp3) is 0.263. The molecule has 0 fully saturated rings. The van der Waals surface area contributed by atoms with Crippen molar-refractivity contribution in [3.05, 3.63) is 54.6 Å². The van der Waals surface area contributed by atoms with E-state index in [0.29, 0.717) is 17.2 Å². The maximum absolute atomic E-state index is 12.0. The summed E-state index contributed by atoms with van der Waals surface area (Å²) in [6.45, 7) is 3.56. The number of hydrogen-bond acceptors (Lipinski definition) is 4. The molecule has 26 heavy (non-hydrogen) atoms. The van der Waals surface area contributed by atoms with Crippen LogP contribution in [0.25, 0.3) is 0 Å². The molecule has 2 aromatic rings. The summed E-state index contributed by atoms with van der Waals surface area (Å²) in [5, 5.41) is 5.25. The van der Waals surface area contributed by atoms with Crippen molar-refractivity contribution in [2.24, 2.45) is 11.7 Å². The van der Waals surface area contributed by atoms with E-state index < -0.39 is 6.04 Å². The third kappa shape index (κ3) is 6.74. The Morgan fingerprint density at radius 1 is 1.04 bits per heavy atom. The fourth-order valence-corrected chi connectivity index (χ4v) is 2.06. The molecule has 2 rings (SSSR count). The quantitative estimate of drug-likeness (QED) is 0.691. The van der Waals surface area contributed by atoms with Crippen molar-refractivity contribution >= 4 is 29.9 Å². The first-order valence-corrected chi connectivity index (χ1v) is 8.12. The molecular weight excluding hydrogens is 354 g/mol. The normalized spacial score (nSPS) is 11.2. The third-order valence-electron chi connectivity index (χ3n) is 3.54. The van der Waals surface area contributed by atoms with Gasteiger partial charge in [0.1, 0.15) is 11.5 Å². The monoisotopic (exact) mass is 377 g/mol. The minimum atomic E-state index is -0.629. The molecule has 0 spiro atoms. The van der Waals surface area contributed by atoms with Gasteiger partial charge in [-0.3, -0.25) is 9.59 Å². The second kappa shape index (κ2) is 10.4. The van der Waals surface area contributed by atoms with Gasteiger partial charge in [0.05, 0.1) is 12.6 Å². The Bertz CT molecular complexity index is 723. The predicted octanol–water partition coefficient (Wildman–Crippen LogP) is 2.94. The summed E-state index contributed by atoms with van der Waals surface area (Å²) in [6, 6.07) is 15.8. The molecule has 2 amide bonds. The zero-order chi connectivity index (χ0) is 18.2. The van der Waals surface area contributed by atoms with Crippen LogP contribution in [0, 0.1) is 5.92 Å². The van der Waals surface area contributed by atoms with Crippen molar-refractivity contribution in [1.29, 1.82) is 0 Å². The van der Waals surface area contributed by atoms with E-state index in [1.54, 1.807) is 24.3 Å². The summed E-state index contributed by atoms with van der Waals surface area (Å²) in [4.78, 5) is 23.7. The molecule has 0 radical (unpaired) electrons. The molecule has 6 nitrogen and oxygen atoms in total. The van der Waals surface area contributed by atoms with Gasteiger partial charge in [0.15, 0.2) is 0 Å². The first-order chi connectivity index (χ1) is 12.0. The molecule has 7 heteroatoms. The average Bonchev–Trinajstić information content (AvgIpc) is 2.60. The van der Waals surface area contributed by atoms with Crippen molar-refractivity contribution in [3.63, 3.8) is 0 Å². The number of hydrogen-bond donors (Lipinski definition) is 3. The maximum Gasteiger partial charge on any atom is 0.243 e. The minimum Gasteiger partial charge on any atom is -0.457 e. The summed E-state index contributed by atoms with van der Waals surface area (Å²) >= 11 is 0. The van der Waals surface area contributed by atoms with Crippen LogP contribution in [0.15, 0.2) is 54.6 Å². The fourth-order valence-electron chi connectivity index (χ4n) is 2.06. The van der Waals surface area contributed by atoms with Crippen LogP contribution in [0.2, 0.25) is 0 Å². The number of nitrogens with one attached hydrogen (secondary N) is 2. The third-order valence-corrected chi connectivity index (χ3v) is 3.54. The van der Waals surface area contributed by atoms with Crippen LogP contribution in [-0.2, 0) is 9.59 Å². The zero-order valence-corrected chi connectivity index (χ0v) is 15.6. The van der Waals surface area contributed by atoms with Crippen molar-refractivity contribution in [3.8, 4) is 11.5 Å². The van der Waals surface area contributed by atoms with E-state index in [9.17, 15) is 9.59 Å². The number of anilines is 1. The molecule has 0 saturated carbocycles. The highest BCUT2D eigenvalue weighted by Crippen LogP contribution is 2.23. The summed E-state index contributed by atoms with van der Waals surface area (Å²) < 4.78 is 5.72. The van der Waals surface area contributed by atoms with Crippen LogP contribution in [-0.4, -0.2) is 24.4 Å². The lowest BCUT2D eigenvalue weighted by atomic mass is 10.1. The van der Waals surface area contributed by atoms with E-state index in [-0.39, 0.29) is 36.7 Å². The van der Waals surface area contributed by atoms with Crippen molar-refractivity contribution in [2.45, 2.75) is 19.9 Å². The van der Waals surface area contributed by atoms with Crippen LogP contribution in [0.1, 0.15) is 13.8 Å². The van der Waals surface area contributed by atoms with Gasteiger partial charge in [-0.1, -0.05) is 38.1 Å². The number of halogens is 1. The Hall–Kier alpha value is -2.57. The molecular formula is C19H24ClN3O3. The van der Waals surface area contributed by atoms with Gasteiger partial charge in [-0.2, -0.15) is 0 Å². The first-order valence-electron chi connectivity index (χ1n) is 8.12.